The van der Waals surface area contributed by atoms with Gasteiger partial charge in [0.15, 0.2) is 0 Å². The largest absolute Gasteiger partial charge is 0.381 e. The van der Waals surface area contributed by atoms with E-state index in [4.69, 9.17) is 14.5 Å². The first-order chi connectivity index (χ1) is 12.6. The fraction of sp³-hybridized carbons (Fsp3) is 0.737. The van der Waals surface area contributed by atoms with Crippen LogP contribution in [0.1, 0.15) is 36.9 Å². The number of rotatable bonds is 2. The maximum atomic E-state index is 12.8. The van der Waals surface area contributed by atoms with E-state index in [0.29, 0.717) is 19.2 Å². The number of ether oxygens (including phenoxy) is 2. The molecule has 7 nitrogen and oxygen atoms in total. The molecule has 1 aromatic rings. The molecule has 4 rings (SSSR count). The molecule has 0 aliphatic carbocycles. The molecule has 2 saturated heterocycles. The number of amides is 1. The number of hydrogen-bond donors (Lipinski definition) is 0. The van der Waals surface area contributed by atoms with E-state index >= 15 is 0 Å². The Morgan fingerprint density at radius 2 is 2.12 bits per heavy atom. The molecule has 2 fully saturated rings. The van der Waals surface area contributed by atoms with Crippen molar-refractivity contribution in [3.8, 4) is 0 Å². The lowest BCUT2D eigenvalue weighted by molar-refractivity contribution is -0.148. The number of nitrogens with zero attached hydrogens (tertiary/aromatic N) is 4. The number of fused-ring (bicyclic) bond motifs is 2. The molecule has 1 atom stereocenters. The third-order valence-corrected chi connectivity index (χ3v) is 5.83. The molecule has 3 aliphatic heterocycles. The molecule has 7 heteroatoms. The first kappa shape index (κ1) is 17.7. The van der Waals surface area contributed by atoms with Crippen molar-refractivity contribution in [2.24, 2.45) is 5.92 Å². The van der Waals surface area contributed by atoms with Gasteiger partial charge >= 0.3 is 0 Å². The third kappa shape index (κ3) is 3.18. The second-order valence-electron chi connectivity index (χ2n) is 7.77. The first-order valence-electron chi connectivity index (χ1n) is 9.63. The Morgan fingerprint density at radius 1 is 1.31 bits per heavy atom. The van der Waals surface area contributed by atoms with Crippen LogP contribution in [0.15, 0.2) is 6.20 Å². The fourth-order valence-electron chi connectivity index (χ4n) is 4.28. The zero-order valence-corrected chi connectivity index (χ0v) is 15.7. The van der Waals surface area contributed by atoms with Gasteiger partial charge in [0.2, 0.25) is 11.9 Å². The summed E-state index contributed by atoms with van der Waals surface area (Å²) in [6.45, 7) is 3.49. The van der Waals surface area contributed by atoms with E-state index in [9.17, 15) is 4.79 Å². The van der Waals surface area contributed by atoms with Crippen molar-refractivity contribution in [3.05, 3.63) is 17.5 Å². The predicted octanol–water partition coefficient (Wildman–Crippen LogP) is 1.36. The van der Waals surface area contributed by atoms with Gasteiger partial charge in [-0.1, -0.05) is 0 Å². The van der Waals surface area contributed by atoms with Crippen molar-refractivity contribution < 1.29 is 14.3 Å². The van der Waals surface area contributed by atoms with Crippen LogP contribution in [0.2, 0.25) is 0 Å². The molecule has 1 aromatic heterocycles. The molecule has 26 heavy (non-hydrogen) atoms. The summed E-state index contributed by atoms with van der Waals surface area (Å²) in [5, 5.41) is 0. The fourth-order valence-corrected chi connectivity index (χ4v) is 4.28. The Morgan fingerprint density at radius 3 is 2.81 bits per heavy atom. The van der Waals surface area contributed by atoms with E-state index in [1.165, 1.54) is 5.56 Å². The molecule has 0 radical (unpaired) electrons. The lowest BCUT2D eigenvalue weighted by Gasteiger charge is -2.44. The standard InChI is InChI=1S/C19H28N4O3/c1-22(2)18-20-12-14-5-11-26-19(16(14)21-18)6-8-23(9-7-19)17(24)15-4-3-10-25-13-15/h12,15H,3-11,13H2,1-2H3. The molecular weight excluding hydrogens is 332 g/mol. The molecule has 0 aromatic carbocycles. The zero-order chi connectivity index (χ0) is 18.1. The summed E-state index contributed by atoms with van der Waals surface area (Å²) in [5.41, 5.74) is 1.83. The summed E-state index contributed by atoms with van der Waals surface area (Å²) in [5.74, 6) is 0.985. The van der Waals surface area contributed by atoms with Crippen LogP contribution < -0.4 is 4.90 Å². The number of carbonyl (C=O) groups is 1. The normalized spacial score (nSPS) is 25.0. The van der Waals surface area contributed by atoms with Crippen LogP contribution in [0.3, 0.4) is 0 Å². The van der Waals surface area contributed by atoms with E-state index in [1.54, 1.807) is 0 Å². The number of aromatic nitrogens is 2. The quantitative estimate of drug-likeness (QED) is 0.793. The lowest BCUT2D eigenvalue weighted by Crippen LogP contribution is -2.51. The molecule has 1 amide bonds. The van der Waals surface area contributed by atoms with E-state index in [-0.39, 0.29) is 17.4 Å². The van der Waals surface area contributed by atoms with E-state index in [0.717, 1.165) is 57.5 Å². The van der Waals surface area contributed by atoms with Crippen LogP contribution in [0.5, 0.6) is 0 Å². The van der Waals surface area contributed by atoms with Crippen molar-refractivity contribution in [1.82, 2.24) is 14.9 Å². The molecule has 1 spiro atoms. The Kier molecular flexibility index (Phi) is 4.84. The first-order valence-corrected chi connectivity index (χ1v) is 9.63. The van der Waals surface area contributed by atoms with Gasteiger partial charge < -0.3 is 19.3 Å². The summed E-state index contributed by atoms with van der Waals surface area (Å²) in [4.78, 5) is 26.0. The zero-order valence-electron chi connectivity index (χ0n) is 15.7. The van der Waals surface area contributed by atoms with Gasteiger partial charge in [-0.3, -0.25) is 4.79 Å². The van der Waals surface area contributed by atoms with Crippen molar-refractivity contribution in [2.75, 3.05) is 51.9 Å². The van der Waals surface area contributed by atoms with Gasteiger partial charge in [0.05, 0.1) is 24.8 Å². The maximum absolute atomic E-state index is 12.8. The average molecular weight is 360 g/mol. The van der Waals surface area contributed by atoms with Crippen LogP contribution in [-0.2, 0) is 26.3 Å². The molecule has 1 unspecified atom stereocenters. The highest BCUT2D eigenvalue weighted by Crippen LogP contribution is 2.41. The Hall–Kier alpha value is -1.73. The lowest BCUT2D eigenvalue weighted by atomic mass is 9.83. The van der Waals surface area contributed by atoms with Crippen LogP contribution in [0, 0.1) is 5.92 Å². The van der Waals surface area contributed by atoms with Gasteiger partial charge in [0.25, 0.3) is 0 Å². The molecule has 0 bridgehead atoms. The summed E-state index contributed by atoms with van der Waals surface area (Å²) in [6, 6.07) is 0. The Balaban J connectivity index is 1.50. The number of piperidine rings is 1. The van der Waals surface area contributed by atoms with Crippen LogP contribution in [0.4, 0.5) is 5.95 Å². The van der Waals surface area contributed by atoms with Crippen LogP contribution in [-0.4, -0.2) is 67.8 Å². The minimum absolute atomic E-state index is 0.0278. The monoisotopic (exact) mass is 360 g/mol. The summed E-state index contributed by atoms with van der Waals surface area (Å²) < 4.78 is 11.8. The number of hydrogen-bond acceptors (Lipinski definition) is 6. The third-order valence-electron chi connectivity index (χ3n) is 5.83. The number of carbonyl (C=O) groups excluding carboxylic acids is 1. The van der Waals surface area contributed by atoms with E-state index < -0.39 is 0 Å². The van der Waals surface area contributed by atoms with Crippen LogP contribution >= 0.6 is 0 Å². The smallest absolute Gasteiger partial charge is 0.228 e. The maximum Gasteiger partial charge on any atom is 0.228 e. The molecule has 0 N–H and O–H groups in total. The van der Waals surface area contributed by atoms with Gasteiger partial charge in [-0.2, -0.15) is 0 Å². The summed E-state index contributed by atoms with van der Waals surface area (Å²) in [6.07, 6.45) is 6.31. The van der Waals surface area contributed by atoms with Crippen molar-refractivity contribution in [1.29, 1.82) is 0 Å². The van der Waals surface area contributed by atoms with Gasteiger partial charge in [-0.05, 0) is 37.7 Å². The van der Waals surface area contributed by atoms with Crippen molar-refractivity contribution in [3.63, 3.8) is 0 Å². The SMILES string of the molecule is CN(C)c1ncc2c(n1)C1(CCN(C(=O)C3CCCOC3)CC1)OCC2. The van der Waals surface area contributed by atoms with Crippen molar-refractivity contribution in [2.45, 2.75) is 37.7 Å². The molecule has 142 valence electrons. The molecule has 0 saturated carbocycles. The van der Waals surface area contributed by atoms with E-state index in [1.807, 2.05) is 30.1 Å². The van der Waals surface area contributed by atoms with Gasteiger partial charge in [-0.25, -0.2) is 9.97 Å². The second kappa shape index (κ2) is 7.12. The second-order valence-corrected chi connectivity index (χ2v) is 7.77. The minimum Gasteiger partial charge on any atom is -0.381 e. The minimum atomic E-state index is -0.374. The van der Waals surface area contributed by atoms with Crippen molar-refractivity contribution >= 4 is 11.9 Å². The molecule has 4 heterocycles. The Bertz CT molecular complexity index is 665. The summed E-state index contributed by atoms with van der Waals surface area (Å²) in [7, 11) is 3.90. The van der Waals surface area contributed by atoms with Crippen LogP contribution in [0.25, 0.3) is 0 Å². The van der Waals surface area contributed by atoms with Gasteiger partial charge in [0.1, 0.15) is 5.60 Å². The van der Waals surface area contributed by atoms with Gasteiger partial charge in [-0.15, -0.1) is 0 Å². The molecular formula is C19H28N4O3. The van der Waals surface area contributed by atoms with Gasteiger partial charge in [0, 0.05) is 40.0 Å². The molecule has 3 aliphatic rings. The predicted molar refractivity (Wildman–Crippen MR) is 97.1 cm³/mol. The number of anilines is 1. The number of likely N-dealkylation sites (tertiary alicyclic amines) is 1. The van der Waals surface area contributed by atoms with E-state index in [2.05, 4.69) is 4.98 Å². The topological polar surface area (TPSA) is 67.8 Å². The highest BCUT2D eigenvalue weighted by molar-refractivity contribution is 5.79. The highest BCUT2D eigenvalue weighted by Gasteiger charge is 2.44. The summed E-state index contributed by atoms with van der Waals surface area (Å²) >= 11 is 0. The highest BCUT2D eigenvalue weighted by atomic mass is 16.5. The Labute approximate surface area is 154 Å². The average Bonchev–Trinajstić information content (AvgIpc) is 2.69.